The molecule has 0 aliphatic carbocycles. The van der Waals surface area contributed by atoms with Crippen LogP contribution in [-0.2, 0) is 0 Å². The number of rotatable bonds is 4. The van der Waals surface area contributed by atoms with E-state index in [1.165, 1.54) is 17.3 Å². The molecule has 0 amide bonds. The maximum absolute atomic E-state index is 12.0. The van der Waals surface area contributed by atoms with Gasteiger partial charge in [-0.05, 0) is 36.4 Å². The van der Waals surface area contributed by atoms with Crippen LogP contribution in [0.5, 0.6) is 0 Å². The predicted molar refractivity (Wildman–Crippen MR) is 81.1 cm³/mol. The number of benzene rings is 2. The van der Waals surface area contributed by atoms with Gasteiger partial charge in [0.25, 0.3) is 0 Å². The Morgan fingerprint density at radius 3 is 2.80 bits per heavy atom. The van der Waals surface area contributed by atoms with E-state index in [1.54, 1.807) is 0 Å². The van der Waals surface area contributed by atoms with Gasteiger partial charge in [0.2, 0.25) is 0 Å². The summed E-state index contributed by atoms with van der Waals surface area (Å²) in [5.41, 5.74) is 4.10. The van der Waals surface area contributed by atoms with Crippen molar-refractivity contribution in [2.24, 2.45) is 0 Å². The lowest BCUT2D eigenvalue weighted by Gasteiger charge is -1.96. The number of hydrogen-bond acceptors (Lipinski definition) is 2. The van der Waals surface area contributed by atoms with E-state index >= 15 is 0 Å². The normalized spacial score (nSPS) is 10.8. The number of imidazole rings is 1. The summed E-state index contributed by atoms with van der Waals surface area (Å²) >= 11 is 1.49. The Bertz CT molecular complexity index is 750. The van der Waals surface area contributed by atoms with Crippen molar-refractivity contribution in [2.45, 2.75) is 12.1 Å². The molecule has 1 aromatic heterocycles. The van der Waals surface area contributed by atoms with Crippen LogP contribution in [0.2, 0.25) is 0 Å². The zero-order valence-corrected chi connectivity index (χ0v) is 12.0. The highest BCUT2D eigenvalue weighted by atomic mass is 32.2. The lowest BCUT2D eigenvalue weighted by atomic mass is 10.2. The molecule has 0 unspecified atom stereocenters. The van der Waals surface area contributed by atoms with Gasteiger partial charge in [0.1, 0.15) is 0 Å². The van der Waals surface area contributed by atoms with Crippen LogP contribution in [0.1, 0.15) is 15.9 Å². The molecule has 0 spiro atoms. The molecule has 20 heavy (non-hydrogen) atoms. The first-order valence-corrected chi connectivity index (χ1v) is 7.43. The van der Waals surface area contributed by atoms with Gasteiger partial charge in [-0.1, -0.05) is 36.4 Å². The third kappa shape index (κ3) is 2.75. The monoisotopic (exact) mass is 283 g/mol. The van der Waals surface area contributed by atoms with Gasteiger partial charge >= 0.3 is 5.16 Å². The summed E-state index contributed by atoms with van der Waals surface area (Å²) < 4.78 is 0. The molecule has 1 heterocycles. The molecule has 0 aliphatic heterocycles. The van der Waals surface area contributed by atoms with Gasteiger partial charge in [0, 0.05) is 5.56 Å². The summed E-state index contributed by atoms with van der Waals surface area (Å²) in [6, 6.07) is 15.6. The summed E-state index contributed by atoms with van der Waals surface area (Å²) in [7, 11) is 0. The molecule has 2 aromatic carbocycles. The molecule has 3 rings (SSSR count). The van der Waals surface area contributed by atoms with Crippen LogP contribution in [0.4, 0.5) is 0 Å². The smallest absolute Gasteiger partial charge is 0.293 e. The summed E-state index contributed by atoms with van der Waals surface area (Å²) in [5, 5.41) is 0.912. The van der Waals surface area contributed by atoms with Crippen molar-refractivity contribution >= 4 is 28.6 Å². The van der Waals surface area contributed by atoms with E-state index < -0.39 is 0 Å². The Hall–Kier alpha value is -2.07. The molecule has 0 saturated heterocycles. The Kier molecular flexibility index (Phi) is 3.56. The first-order valence-electron chi connectivity index (χ1n) is 6.45. The van der Waals surface area contributed by atoms with E-state index in [2.05, 4.69) is 29.0 Å². The van der Waals surface area contributed by atoms with Gasteiger partial charge in [0.05, 0.1) is 5.75 Å². The third-order valence-corrected chi connectivity index (χ3v) is 4.01. The molecule has 0 atom stereocenters. The zero-order chi connectivity index (χ0) is 13.9. The summed E-state index contributed by atoms with van der Waals surface area (Å²) in [4.78, 5) is 18.6. The molecule has 3 nitrogen and oxygen atoms in total. The molecule has 0 radical (unpaired) electrons. The van der Waals surface area contributed by atoms with Crippen molar-refractivity contribution in [1.82, 2.24) is 4.98 Å². The minimum atomic E-state index is 0.138. The number of Topliss-reactive ketones (excluding diaryl/α,β-unsaturated/α-hetero) is 1. The molecule has 2 N–H and O–H groups in total. The Morgan fingerprint density at radius 2 is 2.00 bits per heavy atom. The molecule has 0 fully saturated rings. The first kappa shape index (κ1) is 12.9. The number of nitrogens with one attached hydrogen (secondary N) is 2. The second kappa shape index (κ2) is 5.51. The lowest BCUT2D eigenvalue weighted by Crippen LogP contribution is -2.06. The van der Waals surface area contributed by atoms with Crippen LogP contribution in [0.3, 0.4) is 0 Å². The fraction of sp³-hybridized carbons (Fsp3) is 0.125. The number of fused-ring (bicyclic) bond motifs is 1. The Labute approximate surface area is 121 Å². The second-order valence-corrected chi connectivity index (χ2v) is 5.69. The molecule has 0 saturated carbocycles. The Morgan fingerprint density at radius 1 is 1.20 bits per heavy atom. The molecule has 0 bridgehead atoms. The van der Waals surface area contributed by atoms with Crippen LogP contribution in [0.15, 0.2) is 53.7 Å². The maximum atomic E-state index is 12.0. The highest BCUT2D eigenvalue weighted by Crippen LogP contribution is 2.17. The van der Waals surface area contributed by atoms with E-state index in [4.69, 9.17) is 0 Å². The average molecular weight is 283 g/mol. The number of carbonyl (C=O) groups is 1. The van der Waals surface area contributed by atoms with E-state index in [0.29, 0.717) is 5.75 Å². The fourth-order valence-electron chi connectivity index (χ4n) is 2.06. The van der Waals surface area contributed by atoms with Crippen LogP contribution in [0, 0.1) is 6.92 Å². The van der Waals surface area contributed by atoms with E-state index in [1.807, 2.05) is 36.4 Å². The molecule has 0 aliphatic rings. The highest BCUT2D eigenvalue weighted by molar-refractivity contribution is 7.99. The van der Waals surface area contributed by atoms with Crippen LogP contribution in [0.25, 0.3) is 11.0 Å². The minimum absolute atomic E-state index is 0.138. The fourth-order valence-corrected chi connectivity index (χ4v) is 2.87. The van der Waals surface area contributed by atoms with E-state index in [9.17, 15) is 4.79 Å². The number of ketones is 1. The molecule has 4 heteroatoms. The first-order chi connectivity index (χ1) is 9.72. The van der Waals surface area contributed by atoms with Gasteiger partial charge in [-0.25, -0.2) is 9.97 Å². The van der Waals surface area contributed by atoms with Crippen LogP contribution < -0.4 is 4.98 Å². The number of aromatic nitrogens is 2. The molecule has 100 valence electrons. The van der Waals surface area contributed by atoms with Crippen LogP contribution in [-0.4, -0.2) is 16.5 Å². The summed E-state index contributed by atoms with van der Waals surface area (Å²) in [5.74, 6) is 0.561. The number of thioether (sulfide) groups is 1. The number of hydrogen-bond donors (Lipinski definition) is 1. The van der Waals surface area contributed by atoms with Gasteiger partial charge in [-0.2, -0.15) is 0 Å². The van der Waals surface area contributed by atoms with Gasteiger partial charge < -0.3 is 0 Å². The zero-order valence-electron chi connectivity index (χ0n) is 11.1. The summed E-state index contributed by atoms with van der Waals surface area (Å²) in [6.45, 7) is 2.06. The number of aromatic amines is 2. The van der Waals surface area contributed by atoms with E-state index in [-0.39, 0.29) is 5.78 Å². The number of carbonyl (C=O) groups excluding carboxylic acids is 1. The minimum Gasteiger partial charge on any atom is -0.293 e. The van der Waals surface area contributed by atoms with Crippen molar-refractivity contribution in [1.29, 1.82) is 0 Å². The van der Waals surface area contributed by atoms with Crippen molar-refractivity contribution in [3.8, 4) is 0 Å². The number of aryl methyl sites for hydroxylation is 1. The standard InChI is InChI=1S/C16H14N2OS/c1-11-7-8-13-14(9-11)18-16(17-13)20-10-15(19)12-5-3-2-4-6-12/h2-9H,10H2,1H3,(H,17,18)/p+1. The van der Waals surface area contributed by atoms with Crippen LogP contribution >= 0.6 is 11.8 Å². The largest absolute Gasteiger partial charge is 0.314 e. The van der Waals surface area contributed by atoms with Gasteiger partial charge in [-0.15, -0.1) is 0 Å². The number of H-pyrrole nitrogens is 2. The second-order valence-electron chi connectivity index (χ2n) is 4.71. The maximum Gasteiger partial charge on any atom is 0.314 e. The van der Waals surface area contributed by atoms with Crippen molar-refractivity contribution < 1.29 is 9.78 Å². The van der Waals surface area contributed by atoms with E-state index in [0.717, 1.165) is 21.8 Å². The molecule has 3 aromatic rings. The van der Waals surface area contributed by atoms with Gasteiger partial charge in [-0.3, -0.25) is 4.79 Å². The topological polar surface area (TPSA) is 47.0 Å². The molecular weight excluding hydrogens is 268 g/mol. The lowest BCUT2D eigenvalue weighted by molar-refractivity contribution is -0.396. The molecular formula is C16H15N2OS+. The van der Waals surface area contributed by atoms with Gasteiger partial charge in [0.15, 0.2) is 16.8 Å². The highest BCUT2D eigenvalue weighted by Gasteiger charge is 2.13. The quantitative estimate of drug-likeness (QED) is 0.590. The SMILES string of the molecule is Cc1ccc2[nH+]c(SCC(=O)c3ccccc3)[nH]c2c1. The third-order valence-electron chi connectivity index (χ3n) is 3.11. The van der Waals surface area contributed by atoms with Crippen molar-refractivity contribution in [2.75, 3.05) is 5.75 Å². The van der Waals surface area contributed by atoms with Crippen molar-refractivity contribution in [3.05, 3.63) is 59.7 Å². The van der Waals surface area contributed by atoms with Crippen molar-refractivity contribution in [3.63, 3.8) is 0 Å². The predicted octanol–water partition coefficient (Wildman–Crippen LogP) is 3.27. The Balaban J connectivity index is 1.72. The average Bonchev–Trinajstić information content (AvgIpc) is 2.87. The summed E-state index contributed by atoms with van der Waals surface area (Å²) in [6.07, 6.45) is 0.